The number of ether oxygens (including phenoxy) is 2. The number of hydrogen-bond donors (Lipinski definition) is 3. The topological polar surface area (TPSA) is 71.0 Å². The fourth-order valence-electron chi connectivity index (χ4n) is 1.55. The highest BCUT2D eigenvalue weighted by molar-refractivity contribution is 9.10. The normalized spacial score (nSPS) is 12.4. The highest BCUT2D eigenvalue weighted by atomic mass is 79.9. The van der Waals surface area contributed by atoms with Crippen LogP contribution >= 0.6 is 15.9 Å². The van der Waals surface area contributed by atoms with Crippen LogP contribution in [0.25, 0.3) is 0 Å². The first kappa shape index (κ1) is 17.4. The second-order valence-electron chi connectivity index (χ2n) is 4.44. The maximum absolute atomic E-state index is 9.78. The van der Waals surface area contributed by atoms with E-state index in [1.165, 1.54) is 0 Å². The summed E-state index contributed by atoms with van der Waals surface area (Å²) in [6.45, 7) is 4.18. The number of aliphatic hydroxyl groups is 2. The molecular formula is C14H22BrNO4. The number of benzene rings is 1. The summed E-state index contributed by atoms with van der Waals surface area (Å²) < 4.78 is 11.5. The van der Waals surface area contributed by atoms with Crippen molar-refractivity contribution < 1.29 is 19.7 Å². The van der Waals surface area contributed by atoms with Crippen LogP contribution in [0.3, 0.4) is 0 Å². The van der Waals surface area contributed by atoms with Gasteiger partial charge in [0.15, 0.2) is 0 Å². The molecule has 1 aromatic rings. The molecule has 0 fully saturated rings. The SMILES string of the molecule is Cc1ccc(OCC(O)CNCCOCCO)c(Br)c1. The van der Waals surface area contributed by atoms with Gasteiger partial charge in [0.2, 0.25) is 0 Å². The molecule has 20 heavy (non-hydrogen) atoms. The Morgan fingerprint density at radius 3 is 2.85 bits per heavy atom. The molecule has 0 aliphatic rings. The molecule has 1 aromatic carbocycles. The van der Waals surface area contributed by atoms with Gasteiger partial charge in [-0.15, -0.1) is 0 Å². The van der Waals surface area contributed by atoms with E-state index in [1.54, 1.807) is 0 Å². The first-order chi connectivity index (χ1) is 9.63. The molecule has 114 valence electrons. The lowest BCUT2D eigenvalue weighted by Crippen LogP contribution is -2.33. The molecule has 0 radical (unpaired) electrons. The lowest BCUT2D eigenvalue weighted by atomic mass is 10.2. The van der Waals surface area contributed by atoms with Crippen LogP contribution in [-0.4, -0.2) is 55.8 Å². The maximum atomic E-state index is 9.78. The summed E-state index contributed by atoms with van der Waals surface area (Å²) in [7, 11) is 0. The van der Waals surface area contributed by atoms with Crippen molar-refractivity contribution in [1.29, 1.82) is 0 Å². The second-order valence-corrected chi connectivity index (χ2v) is 5.29. The molecule has 1 atom stereocenters. The van der Waals surface area contributed by atoms with Crippen molar-refractivity contribution in [1.82, 2.24) is 5.32 Å². The van der Waals surface area contributed by atoms with Crippen LogP contribution in [0.15, 0.2) is 22.7 Å². The van der Waals surface area contributed by atoms with Crippen molar-refractivity contribution in [2.24, 2.45) is 0 Å². The zero-order valence-corrected chi connectivity index (χ0v) is 13.2. The van der Waals surface area contributed by atoms with E-state index >= 15 is 0 Å². The molecule has 0 heterocycles. The largest absolute Gasteiger partial charge is 0.490 e. The first-order valence-corrected chi connectivity index (χ1v) is 7.39. The number of aryl methyl sites for hydroxylation is 1. The van der Waals surface area contributed by atoms with Gasteiger partial charge in [0.05, 0.1) is 24.3 Å². The first-order valence-electron chi connectivity index (χ1n) is 6.60. The predicted octanol–water partition coefficient (Wildman–Crippen LogP) is 1.10. The van der Waals surface area contributed by atoms with E-state index in [0.29, 0.717) is 26.3 Å². The third kappa shape index (κ3) is 7.21. The predicted molar refractivity (Wildman–Crippen MR) is 81.2 cm³/mol. The van der Waals surface area contributed by atoms with E-state index in [1.807, 2.05) is 25.1 Å². The van der Waals surface area contributed by atoms with Crippen LogP contribution in [-0.2, 0) is 4.74 Å². The summed E-state index contributed by atoms with van der Waals surface area (Å²) in [6, 6.07) is 5.81. The van der Waals surface area contributed by atoms with Crippen molar-refractivity contribution >= 4 is 15.9 Å². The monoisotopic (exact) mass is 347 g/mol. The molecule has 0 amide bonds. The average molecular weight is 348 g/mol. The Morgan fingerprint density at radius 1 is 1.35 bits per heavy atom. The van der Waals surface area contributed by atoms with Crippen molar-refractivity contribution in [2.45, 2.75) is 13.0 Å². The fourth-order valence-corrected chi connectivity index (χ4v) is 2.16. The molecule has 0 aliphatic carbocycles. The highest BCUT2D eigenvalue weighted by Gasteiger charge is 2.07. The van der Waals surface area contributed by atoms with Gasteiger partial charge in [-0.05, 0) is 40.5 Å². The zero-order valence-electron chi connectivity index (χ0n) is 11.6. The summed E-state index contributed by atoms with van der Waals surface area (Å²) in [5.41, 5.74) is 1.15. The van der Waals surface area contributed by atoms with Gasteiger partial charge >= 0.3 is 0 Å². The molecule has 0 saturated carbocycles. The molecular weight excluding hydrogens is 326 g/mol. The van der Waals surface area contributed by atoms with Gasteiger partial charge in [-0.1, -0.05) is 6.07 Å². The van der Waals surface area contributed by atoms with Crippen molar-refractivity contribution in [3.63, 3.8) is 0 Å². The van der Waals surface area contributed by atoms with E-state index in [-0.39, 0.29) is 13.2 Å². The summed E-state index contributed by atoms with van der Waals surface area (Å²) >= 11 is 3.43. The van der Waals surface area contributed by atoms with Gasteiger partial charge in [0, 0.05) is 13.1 Å². The molecule has 6 heteroatoms. The summed E-state index contributed by atoms with van der Waals surface area (Å²) in [5.74, 6) is 0.723. The van der Waals surface area contributed by atoms with Gasteiger partial charge in [0.1, 0.15) is 18.5 Å². The number of halogens is 1. The van der Waals surface area contributed by atoms with E-state index in [2.05, 4.69) is 21.2 Å². The molecule has 5 nitrogen and oxygen atoms in total. The van der Waals surface area contributed by atoms with Crippen molar-refractivity contribution in [3.05, 3.63) is 28.2 Å². The fraction of sp³-hybridized carbons (Fsp3) is 0.571. The number of rotatable bonds is 10. The smallest absolute Gasteiger partial charge is 0.133 e. The molecule has 0 aromatic heterocycles. The molecule has 0 spiro atoms. The average Bonchev–Trinajstić information content (AvgIpc) is 2.41. The van der Waals surface area contributed by atoms with E-state index in [0.717, 1.165) is 15.8 Å². The quantitative estimate of drug-likeness (QED) is 0.553. The third-order valence-electron chi connectivity index (χ3n) is 2.56. The minimum Gasteiger partial charge on any atom is -0.490 e. The van der Waals surface area contributed by atoms with Crippen molar-refractivity contribution in [2.75, 3.05) is 39.5 Å². The molecule has 1 unspecified atom stereocenters. The minimum atomic E-state index is -0.582. The van der Waals surface area contributed by atoms with Crippen LogP contribution in [0.4, 0.5) is 0 Å². The summed E-state index contributed by atoms with van der Waals surface area (Å²) in [4.78, 5) is 0. The van der Waals surface area contributed by atoms with Crippen LogP contribution in [0.1, 0.15) is 5.56 Å². The molecule has 0 saturated heterocycles. The number of hydrogen-bond acceptors (Lipinski definition) is 5. The van der Waals surface area contributed by atoms with Crippen molar-refractivity contribution in [3.8, 4) is 5.75 Å². The van der Waals surface area contributed by atoms with Gasteiger partial charge in [-0.2, -0.15) is 0 Å². The minimum absolute atomic E-state index is 0.0297. The van der Waals surface area contributed by atoms with Crippen LogP contribution in [0.5, 0.6) is 5.75 Å². The number of aliphatic hydroxyl groups excluding tert-OH is 2. The second kappa shape index (κ2) is 10.1. The molecule has 1 rings (SSSR count). The van der Waals surface area contributed by atoms with E-state index in [9.17, 15) is 5.11 Å². The lowest BCUT2D eigenvalue weighted by molar-refractivity contribution is 0.0841. The molecule has 0 bridgehead atoms. The van der Waals surface area contributed by atoms with E-state index < -0.39 is 6.10 Å². The Kier molecular flexibility index (Phi) is 8.80. The third-order valence-corrected chi connectivity index (χ3v) is 3.18. The summed E-state index contributed by atoms with van der Waals surface area (Å²) in [6.07, 6.45) is -0.582. The van der Waals surface area contributed by atoms with Crippen LogP contribution in [0.2, 0.25) is 0 Å². The Hall–Kier alpha value is -0.660. The Labute approximate surface area is 128 Å². The Morgan fingerprint density at radius 2 is 2.15 bits per heavy atom. The Bertz CT molecular complexity index is 389. The standard InChI is InChI=1S/C14H22BrNO4/c1-11-2-3-14(13(15)8-11)20-10-12(18)9-16-4-6-19-7-5-17/h2-3,8,12,16-18H,4-7,9-10H2,1H3. The van der Waals surface area contributed by atoms with Crippen LogP contribution < -0.4 is 10.1 Å². The van der Waals surface area contributed by atoms with Gasteiger partial charge in [0.25, 0.3) is 0 Å². The summed E-state index contributed by atoms with van der Waals surface area (Å²) in [5, 5.41) is 21.4. The van der Waals surface area contributed by atoms with E-state index in [4.69, 9.17) is 14.6 Å². The molecule has 0 aliphatic heterocycles. The highest BCUT2D eigenvalue weighted by Crippen LogP contribution is 2.25. The Balaban J connectivity index is 2.14. The lowest BCUT2D eigenvalue weighted by Gasteiger charge is -2.14. The van der Waals surface area contributed by atoms with Gasteiger partial charge < -0.3 is 25.0 Å². The van der Waals surface area contributed by atoms with Gasteiger partial charge in [-0.25, -0.2) is 0 Å². The zero-order chi connectivity index (χ0) is 14.8. The number of nitrogens with one attached hydrogen (secondary N) is 1. The van der Waals surface area contributed by atoms with Crippen LogP contribution in [0, 0.1) is 6.92 Å². The maximum Gasteiger partial charge on any atom is 0.133 e. The molecule has 3 N–H and O–H groups in total. The van der Waals surface area contributed by atoms with Gasteiger partial charge in [-0.3, -0.25) is 0 Å².